The normalized spacial score (nSPS) is 26.5. The lowest BCUT2D eigenvalue weighted by Crippen LogP contribution is -2.29. The summed E-state index contributed by atoms with van der Waals surface area (Å²) in [6.07, 6.45) is 3.21. The molecule has 1 aromatic rings. The minimum absolute atomic E-state index is 0.0326. The molecule has 0 spiro atoms. The van der Waals surface area contributed by atoms with Crippen molar-refractivity contribution in [1.82, 2.24) is 0 Å². The highest BCUT2D eigenvalue weighted by molar-refractivity contribution is 9.10. The summed E-state index contributed by atoms with van der Waals surface area (Å²) in [6, 6.07) is 3.35. The topological polar surface area (TPSA) is 37.3 Å². The Labute approximate surface area is 131 Å². The molecule has 0 saturated heterocycles. The molecular formula is C15H17BrClFO2. The highest BCUT2D eigenvalue weighted by Gasteiger charge is 2.37. The lowest BCUT2D eigenvalue weighted by atomic mass is 9.70. The maximum atomic E-state index is 14.4. The fourth-order valence-electron chi connectivity index (χ4n) is 3.09. The number of carbonyl (C=O) groups is 1. The van der Waals surface area contributed by atoms with Crippen LogP contribution in [0.4, 0.5) is 4.39 Å². The number of hydrogen-bond acceptors (Lipinski definition) is 1. The third-order valence-corrected chi connectivity index (χ3v) is 5.58. The van der Waals surface area contributed by atoms with Gasteiger partial charge in [0.1, 0.15) is 5.82 Å². The molecule has 0 heterocycles. The smallest absolute Gasteiger partial charge is 0.307 e. The first-order valence-electron chi connectivity index (χ1n) is 6.81. The summed E-state index contributed by atoms with van der Waals surface area (Å²) >= 11 is 9.12. The first-order valence-corrected chi connectivity index (χ1v) is 7.99. The Bertz CT molecular complexity index is 521. The molecule has 2 nitrogen and oxygen atoms in total. The summed E-state index contributed by atoms with van der Waals surface area (Å²) in [4.78, 5) is 11.4. The van der Waals surface area contributed by atoms with Gasteiger partial charge in [-0.25, -0.2) is 4.39 Å². The molecule has 1 saturated carbocycles. The molecule has 0 amide bonds. The van der Waals surface area contributed by atoms with E-state index in [1.165, 1.54) is 0 Å². The van der Waals surface area contributed by atoms with Crippen molar-refractivity contribution < 1.29 is 14.3 Å². The molecule has 1 aromatic carbocycles. The number of aliphatic carboxylic acids is 1. The maximum absolute atomic E-state index is 14.4. The van der Waals surface area contributed by atoms with Gasteiger partial charge in [-0.3, -0.25) is 4.79 Å². The van der Waals surface area contributed by atoms with Gasteiger partial charge in [0.25, 0.3) is 0 Å². The molecule has 20 heavy (non-hydrogen) atoms. The largest absolute Gasteiger partial charge is 0.481 e. The SMILES string of the molecule is CCC1CCC(C(=O)O)C(c2ccc(Br)c(Cl)c2F)C1. The van der Waals surface area contributed by atoms with E-state index < -0.39 is 17.7 Å². The number of hydrogen-bond donors (Lipinski definition) is 1. The van der Waals surface area contributed by atoms with Crippen LogP contribution in [0.1, 0.15) is 44.1 Å². The van der Waals surface area contributed by atoms with Crippen molar-refractivity contribution in [2.24, 2.45) is 11.8 Å². The van der Waals surface area contributed by atoms with Crippen LogP contribution in [0.5, 0.6) is 0 Å². The van der Waals surface area contributed by atoms with Crippen molar-refractivity contribution in [3.8, 4) is 0 Å². The number of carboxylic acids is 1. The van der Waals surface area contributed by atoms with E-state index in [2.05, 4.69) is 22.9 Å². The van der Waals surface area contributed by atoms with E-state index in [0.717, 1.165) is 12.8 Å². The molecule has 0 aliphatic heterocycles. The van der Waals surface area contributed by atoms with Gasteiger partial charge >= 0.3 is 5.97 Å². The molecule has 3 atom stereocenters. The summed E-state index contributed by atoms with van der Waals surface area (Å²) in [5.41, 5.74) is 0.434. The second kappa shape index (κ2) is 6.44. The molecular weight excluding hydrogens is 347 g/mol. The van der Waals surface area contributed by atoms with Crippen LogP contribution in [0.15, 0.2) is 16.6 Å². The fraction of sp³-hybridized carbons (Fsp3) is 0.533. The van der Waals surface area contributed by atoms with E-state index in [-0.39, 0.29) is 10.9 Å². The van der Waals surface area contributed by atoms with Crippen molar-refractivity contribution >= 4 is 33.5 Å². The van der Waals surface area contributed by atoms with Gasteiger partial charge in [-0.05, 0) is 52.7 Å². The zero-order valence-corrected chi connectivity index (χ0v) is 13.5. The predicted molar refractivity (Wildman–Crippen MR) is 80.6 cm³/mol. The van der Waals surface area contributed by atoms with Crippen LogP contribution >= 0.6 is 27.5 Å². The lowest BCUT2D eigenvalue weighted by Gasteiger charge is -2.34. The fourth-order valence-corrected chi connectivity index (χ4v) is 3.57. The first kappa shape index (κ1) is 15.8. The number of halogens is 3. The molecule has 110 valence electrons. The Morgan fingerprint density at radius 2 is 2.20 bits per heavy atom. The van der Waals surface area contributed by atoms with Crippen LogP contribution in [-0.2, 0) is 4.79 Å². The van der Waals surface area contributed by atoms with Gasteiger partial charge in [0.2, 0.25) is 0 Å². The molecule has 1 aliphatic rings. The van der Waals surface area contributed by atoms with Gasteiger partial charge in [-0.1, -0.05) is 31.0 Å². The summed E-state index contributed by atoms with van der Waals surface area (Å²) in [5, 5.41) is 9.41. The maximum Gasteiger partial charge on any atom is 0.307 e. The van der Waals surface area contributed by atoms with Crippen LogP contribution in [0.2, 0.25) is 5.02 Å². The number of benzene rings is 1. The second-order valence-electron chi connectivity index (χ2n) is 5.40. The van der Waals surface area contributed by atoms with E-state index in [4.69, 9.17) is 11.6 Å². The predicted octanol–water partition coefficient (Wildman–Crippen LogP) is 5.24. The molecule has 1 N–H and O–H groups in total. The van der Waals surface area contributed by atoms with Gasteiger partial charge in [0, 0.05) is 10.4 Å². The van der Waals surface area contributed by atoms with Gasteiger partial charge < -0.3 is 5.11 Å². The monoisotopic (exact) mass is 362 g/mol. The average molecular weight is 364 g/mol. The van der Waals surface area contributed by atoms with Crippen molar-refractivity contribution in [3.05, 3.63) is 33.0 Å². The molecule has 0 aromatic heterocycles. The van der Waals surface area contributed by atoms with E-state index in [0.29, 0.717) is 28.8 Å². The van der Waals surface area contributed by atoms with Crippen LogP contribution < -0.4 is 0 Å². The van der Waals surface area contributed by atoms with Crippen molar-refractivity contribution in [2.45, 2.75) is 38.5 Å². The minimum Gasteiger partial charge on any atom is -0.481 e. The lowest BCUT2D eigenvalue weighted by molar-refractivity contribution is -0.144. The van der Waals surface area contributed by atoms with E-state index in [1.54, 1.807) is 12.1 Å². The van der Waals surface area contributed by atoms with Crippen molar-refractivity contribution in [1.29, 1.82) is 0 Å². The Morgan fingerprint density at radius 3 is 2.80 bits per heavy atom. The summed E-state index contributed by atoms with van der Waals surface area (Å²) in [7, 11) is 0. The van der Waals surface area contributed by atoms with Crippen LogP contribution in [0.25, 0.3) is 0 Å². The highest BCUT2D eigenvalue weighted by Crippen LogP contribution is 2.44. The van der Waals surface area contributed by atoms with Gasteiger partial charge in [-0.2, -0.15) is 0 Å². The van der Waals surface area contributed by atoms with Crippen LogP contribution in [0, 0.1) is 17.7 Å². The molecule has 0 bridgehead atoms. The molecule has 1 aliphatic carbocycles. The van der Waals surface area contributed by atoms with E-state index in [1.807, 2.05) is 0 Å². The zero-order chi connectivity index (χ0) is 14.9. The highest BCUT2D eigenvalue weighted by atomic mass is 79.9. The number of carboxylic acid groups (broad SMARTS) is 1. The Balaban J connectivity index is 2.40. The Morgan fingerprint density at radius 1 is 1.50 bits per heavy atom. The third kappa shape index (κ3) is 3.01. The van der Waals surface area contributed by atoms with Crippen molar-refractivity contribution in [2.75, 3.05) is 0 Å². The van der Waals surface area contributed by atoms with Crippen molar-refractivity contribution in [3.63, 3.8) is 0 Å². The Kier molecular flexibility index (Phi) is 5.08. The van der Waals surface area contributed by atoms with E-state index >= 15 is 0 Å². The summed E-state index contributed by atoms with van der Waals surface area (Å²) in [5.74, 6) is -1.70. The first-order chi connectivity index (χ1) is 9.45. The van der Waals surface area contributed by atoms with Crippen LogP contribution in [0.3, 0.4) is 0 Å². The summed E-state index contributed by atoms with van der Waals surface area (Å²) < 4.78 is 14.9. The standard InChI is InChI=1S/C15H17BrClFO2/c1-2-8-3-4-10(15(19)20)11(7-8)9-5-6-12(16)13(17)14(9)18/h5-6,8,10-11H,2-4,7H2,1H3,(H,19,20). The second-order valence-corrected chi connectivity index (χ2v) is 6.64. The average Bonchev–Trinajstić information content (AvgIpc) is 2.44. The molecule has 5 heteroatoms. The zero-order valence-electron chi connectivity index (χ0n) is 11.2. The molecule has 2 rings (SSSR count). The quantitative estimate of drug-likeness (QED) is 0.746. The molecule has 1 fully saturated rings. The minimum atomic E-state index is -0.844. The molecule has 3 unspecified atom stereocenters. The molecule has 0 radical (unpaired) electrons. The van der Waals surface area contributed by atoms with Gasteiger partial charge in [0.05, 0.1) is 10.9 Å². The third-order valence-electron chi connectivity index (χ3n) is 4.32. The number of rotatable bonds is 3. The Hall–Kier alpha value is -0.610. The van der Waals surface area contributed by atoms with E-state index in [9.17, 15) is 14.3 Å². The summed E-state index contributed by atoms with van der Waals surface area (Å²) in [6.45, 7) is 2.09. The van der Waals surface area contributed by atoms with Crippen LogP contribution in [-0.4, -0.2) is 11.1 Å². The van der Waals surface area contributed by atoms with Gasteiger partial charge in [-0.15, -0.1) is 0 Å². The van der Waals surface area contributed by atoms with Gasteiger partial charge in [0.15, 0.2) is 0 Å².